The summed E-state index contributed by atoms with van der Waals surface area (Å²) in [6, 6.07) is 0. The van der Waals surface area contributed by atoms with E-state index in [9.17, 15) is 13.2 Å². The fourth-order valence-electron chi connectivity index (χ4n) is 1.49. The van der Waals surface area contributed by atoms with Gasteiger partial charge < -0.3 is 5.32 Å². The first-order valence-electron chi connectivity index (χ1n) is 5.61. The van der Waals surface area contributed by atoms with Gasteiger partial charge in [-0.1, -0.05) is 0 Å². The van der Waals surface area contributed by atoms with E-state index in [1.807, 2.05) is 6.92 Å². The zero-order chi connectivity index (χ0) is 14.0. The Kier molecular flexibility index (Phi) is 3.41. The summed E-state index contributed by atoms with van der Waals surface area (Å²) in [4.78, 5) is 8.16. The van der Waals surface area contributed by atoms with Gasteiger partial charge in [-0.05, 0) is 13.8 Å². The van der Waals surface area contributed by atoms with Crippen molar-refractivity contribution in [3.05, 3.63) is 29.7 Å². The topological polar surface area (TPSA) is 55.6 Å². The molecule has 2 aromatic heterocycles. The van der Waals surface area contributed by atoms with Crippen LogP contribution in [0.3, 0.4) is 0 Å². The van der Waals surface area contributed by atoms with Crippen LogP contribution in [0.1, 0.15) is 18.1 Å². The van der Waals surface area contributed by atoms with E-state index in [0.717, 1.165) is 17.1 Å². The maximum Gasteiger partial charge on any atom is 0.419 e. The highest BCUT2D eigenvalue weighted by molar-refractivity contribution is 5.37. The van der Waals surface area contributed by atoms with E-state index in [1.54, 1.807) is 6.92 Å². The lowest BCUT2D eigenvalue weighted by molar-refractivity contribution is -0.137. The predicted molar refractivity (Wildman–Crippen MR) is 63.1 cm³/mol. The lowest BCUT2D eigenvalue weighted by Crippen LogP contribution is -2.08. The molecule has 0 spiro atoms. The Morgan fingerprint density at radius 3 is 2.63 bits per heavy atom. The molecular formula is C11H12F3N5. The van der Waals surface area contributed by atoms with Gasteiger partial charge in [-0.25, -0.2) is 9.67 Å². The van der Waals surface area contributed by atoms with Crippen LogP contribution in [0, 0.1) is 6.92 Å². The van der Waals surface area contributed by atoms with Crippen LogP contribution in [-0.2, 0) is 6.18 Å². The van der Waals surface area contributed by atoms with Crippen molar-refractivity contribution >= 4 is 5.95 Å². The first-order chi connectivity index (χ1) is 8.91. The number of nitrogens with zero attached hydrogens (tertiary/aromatic N) is 4. The van der Waals surface area contributed by atoms with E-state index in [-0.39, 0.29) is 0 Å². The Labute approximate surface area is 107 Å². The van der Waals surface area contributed by atoms with Gasteiger partial charge in [-0.15, -0.1) is 0 Å². The van der Waals surface area contributed by atoms with Crippen molar-refractivity contribution in [2.75, 3.05) is 11.9 Å². The van der Waals surface area contributed by atoms with Crippen LogP contribution in [0.25, 0.3) is 5.82 Å². The number of alkyl halides is 3. The van der Waals surface area contributed by atoms with E-state index in [4.69, 9.17) is 0 Å². The van der Waals surface area contributed by atoms with E-state index in [0.29, 0.717) is 23.9 Å². The molecule has 0 saturated heterocycles. The van der Waals surface area contributed by atoms with Crippen molar-refractivity contribution in [1.82, 2.24) is 19.7 Å². The van der Waals surface area contributed by atoms with Crippen molar-refractivity contribution < 1.29 is 13.2 Å². The van der Waals surface area contributed by atoms with E-state index < -0.39 is 11.7 Å². The lowest BCUT2D eigenvalue weighted by Gasteiger charge is -2.07. The Balaban J connectivity index is 2.41. The summed E-state index contributed by atoms with van der Waals surface area (Å²) in [7, 11) is 0. The highest BCUT2D eigenvalue weighted by atomic mass is 19.4. The zero-order valence-electron chi connectivity index (χ0n) is 10.4. The van der Waals surface area contributed by atoms with Gasteiger partial charge in [0, 0.05) is 24.5 Å². The molecule has 0 atom stereocenters. The molecule has 5 nitrogen and oxygen atoms in total. The molecule has 0 amide bonds. The molecular weight excluding hydrogens is 259 g/mol. The van der Waals surface area contributed by atoms with Crippen LogP contribution in [0.4, 0.5) is 19.1 Å². The molecule has 0 aromatic carbocycles. The van der Waals surface area contributed by atoms with E-state index in [1.165, 1.54) is 6.20 Å². The third-order valence-electron chi connectivity index (χ3n) is 2.41. The minimum absolute atomic E-state index is 0.321. The summed E-state index contributed by atoms with van der Waals surface area (Å²) < 4.78 is 38.7. The van der Waals surface area contributed by atoms with Crippen LogP contribution in [0.2, 0.25) is 0 Å². The average Bonchev–Trinajstić information content (AvgIpc) is 2.81. The van der Waals surface area contributed by atoms with Gasteiger partial charge in [0.05, 0.1) is 11.8 Å². The summed E-state index contributed by atoms with van der Waals surface area (Å²) in [6.45, 7) is 4.20. The molecule has 0 aliphatic rings. The molecule has 0 radical (unpaired) electrons. The van der Waals surface area contributed by atoms with Gasteiger partial charge in [0.2, 0.25) is 5.95 Å². The van der Waals surface area contributed by atoms with Gasteiger partial charge in [0.1, 0.15) is 0 Å². The molecule has 0 bridgehead atoms. The van der Waals surface area contributed by atoms with Gasteiger partial charge >= 0.3 is 6.18 Å². The molecule has 0 aliphatic carbocycles. The average molecular weight is 271 g/mol. The SMILES string of the molecule is CCNc1ncc(C)c(-n2cc(C(F)(F)F)cn2)n1. The van der Waals surface area contributed by atoms with Gasteiger partial charge in [-0.2, -0.15) is 23.3 Å². The van der Waals surface area contributed by atoms with Gasteiger partial charge in [-0.3, -0.25) is 0 Å². The Bertz CT molecular complexity index is 576. The van der Waals surface area contributed by atoms with Crippen LogP contribution in [-0.4, -0.2) is 26.3 Å². The first-order valence-corrected chi connectivity index (χ1v) is 5.61. The normalized spacial score (nSPS) is 11.6. The van der Waals surface area contributed by atoms with Crippen molar-refractivity contribution in [3.63, 3.8) is 0 Å². The second-order valence-electron chi connectivity index (χ2n) is 3.90. The highest BCUT2D eigenvalue weighted by Crippen LogP contribution is 2.29. The number of anilines is 1. The van der Waals surface area contributed by atoms with Crippen LogP contribution in [0.15, 0.2) is 18.6 Å². The fourth-order valence-corrected chi connectivity index (χ4v) is 1.49. The zero-order valence-corrected chi connectivity index (χ0v) is 10.4. The number of aryl methyl sites for hydroxylation is 1. The molecule has 102 valence electrons. The molecule has 0 saturated carbocycles. The molecule has 8 heteroatoms. The van der Waals surface area contributed by atoms with Crippen LogP contribution >= 0.6 is 0 Å². The molecule has 19 heavy (non-hydrogen) atoms. The van der Waals surface area contributed by atoms with Crippen LogP contribution < -0.4 is 5.32 Å². The first kappa shape index (κ1) is 13.3. The summed E-state index contributed by atoms with van der Waals surface area (Å²) in [6.07, 6.45) is -1.20. The second kappa shape index (κ2) is 4.87. The number of hydrogen-bond donors (Lipinski definition) is 1. The smallest absolute Gasteiger partial charge is 0.354 e. The minimum Gasteiger partial charge on any atom is -0.354 e. The summed E-state index contributed by atoms with van der Waals surface area (Å²) in [5, 5.41) is 6.59. The third kappa shape index (κ3) is 2.83. The predicted octanol–water partition coefficient (Wildman–Crippen LogP) is 2.42. The fraction of sp³-hybridized carbons (Fsp3) is 0.364. The molecule has 0 aliphatic heterocycles. The van der Waals surface area contributed by atoms with Gasteiger partial charge in [0.25, 0.3) is 0 Å². The molecule has 2 rings (SSSR count). The molecule has 1 N–H and O–H groups in total. The van der Waals surface area contributed by atoms with Gasteiger partial charge in [0.15, 0.2) is 5.82 Å². The number of hydrogen-bond acceptors (Lipinski definition) is 4. The Morgan fingerprint density at radius 2 is 2.05 bits per heavy atom. The molecule has 2 heterocycles. The minimum atomic E-state index is -4.41. The second-order valence-corrected chi connectivity index (χ2v) is 3.90. The van der Waals surface area contributed by atoms with Crippen LogP contribution in [0.5, 0.6) is 0 Å². The maximum atomic E-state index is 12.5. The summed E-state index contributed by atoms with van der Waals surface area (Å²) in [5.41, 5.74) is -0.172. The highest BCUT2D eigenvalue weighted by Gasteiger charge is 2.32. The third-order valence-corrected chi connectivity index (χ3v) is 2.41. The van der Waals surface area contributed by atoms with Crippen molar-refractivity contribution in [2.24, 2.45) is 0 Å². The number of rotatable bonds is 3. The number of halogens is 3. The van der Waals surface area contributed by atoms with E-state index >= 15 is 0 Å². The number of aromatic nitrogens is 4. The molecule has 2 aromatic rings. The standard InChI is InChI=1S/C11H12F3N5/c1-3-15-10-16-4-7(2)9(18-10)19-6-8(5-17-19)11(12,13)14/h4-6H,3H2,1-2H3,(H,15,16,18). The van der Waals surface area contributed by atoms with Crippen molar-refractivity contribution in [2.45, 2.75) is 20.0 Å². The Morgan fingerprint density at radius 1 is 1.32 bits per heavy atom. The summed E-state index contributed by atoms with van der Waals surface area (Å²) in [5.74, 6) is 0.675. The molecule has 0 unspecified atom stereocenters. The maximum absolute atomic E-state index is 12.5. The quantitative estimate of drug-likeness (QED) is 0.931. The molecule has 0 fully saturated rings. The van der Waals surface area contributed by atoms with E-state index in [2.05, 4.69) is 20.4 Å². The Hall–Kier alpha value is -2.12. The van der Waals surface area contributed by atoms with Crippen molar-refractivity contribution in [3.8, 4) is 5.82 Å². The lowest BCUT2D eigenvalue weighted by atomic mass is 10.3. The van der Waals surface area contributed by atoms with Crippen molar-refractivity contribution in [1.29, 1.82) is 0 Å². The number of nitrogens with one attached hydrogen (secondary N) is 1. The summed E-state index contributed by atoms with van der Waals surface area (Å²) >= 11 is 0. The largest absolute Gasteiger partial charge is 0.419 e. The monoisotopic (exact) mass is 271 g/mol.